The van der Waals surface area contributed by atoms with E-state index in [1.807, 2.05) is 0 Å². The third-order valence-electron chi connectivity index (χ3n) is 5.30. The van der Waals surface area contributed by atoms with Crippen LogP contribution >= 0.6 is 0 Å². The van der Waals surface area contributed by atoms with Crippen LogP contribution < -0.4 is 31.2 Å². The van der Waals surface area contributed by atoms with Crippen molar-refractivity contribution in [2.24, 2.45) is 17.6 Å². The van der Waals surface area contributed by atoms with Gasteiger partial charge in [-0.15, -0.1) is 13.2 Å². The highest BCUT2D eigenvalue weighted by atomic mass is 19.4. The van der Waals surface area contributed by atoms with E-state index in [1.165, 1.54) is 12.1 Å². The number of carbonyl (C=O) groups excluding carboxylic acids is 4. The maximum Gasteiger partial charge on any atom is 0.573 e. The van der Waals surface area contributed by atoms with E-state index in [4.69, 9.17) is 10.5 Å². The van der Waals surface area contributed by atoms with Crippen molar-refractivity contribution in [1.29, 1.82) is 0 Å². The van der Waals surface area contributed by atoms with Crippen molar-refractivity contribution in [3.05, 3.63) is 36.0 Å². The van der Waals surface area contributed by atoms with E-state index in [0.29, 0.717) is 13.0 Å². The molecule has 13 heteroatoms. The fraction of sp³-hybridized carbons (Fsp3) is 0.455. The summed E-state index contributed by atoms with van der Waals surface area (Å²) >= 11 is 0. The molecule has 0 unspecified atom stereocenters. The van der Waals surface area contributed by atoms with Crippen LogP contribution in [0, 0.1) is 11.8 Å². The average molecular weight is 498 g/mol. The Morgan fingerprint density at radius 3 is 2.34 bits per heavy atom. The number of benzene rings is 1. The van der Waals surface area contributed by atoms with E-state index in [2.05, 4.69) is 20.7 Å². The highest BCUT2D eigenvalue weighted by Crippen LogP contribution is 2.31. The molecule has 0 bridgehead atoms. The number of hydrogen-bond donors (Lipinski definition) is 4. The Balaban J connectivity index is 1.55. The van der Waals surface area contributed by atoms with Gasteiger partial charge in [-0.25, -0.2) is 0 Å². The predicted molar refractivity (Wildman–Crippen MR) is 114 cm³/mol. The normalized spacial score (nSPS) is 18.9. The number of carbonyl (C=O) groups is 4. The van der Waals surface area contributed by atoms with Gasteiger partial charge in [-0.3, -0.25) is 19.2 Å². The average Bonchev–Trinajstić information content (AvgIpc) is 3.51. The smallest absolute Gasteiger partial charge is 0.484 e. The molecule has 4 amide bonds. The van der Waals surface area contributed by atoms with Crippen LogP contribution in [0.2, 0.25) is 0 Å². The van der Waals surface area contributed by atoms with Gasteiger partial charge in [-0.05, 0) is 55.9 Å². The lowest BCUT2D eigenvalue weighted by molar-refractivity contribution is -0.274. The first-order chi connectivity index (χ1) is 16.5. The number of nitrogens with two attached hydrogens (primary N) is 1. The van der Waals surface area contributed by atoms with Crippen molar-refractivity contribution in [2.45, 2.75) is 38.1 Å². The van der Waals surface area contributed by atoms with Crippen molar-refractivity contribution in [3.63, 3.8) is 0 Å². The Morgan fingerprint density at radius 2 is 1.80 bits per heavy atom. The molecular formula is C22H25F3N4O6. The van der Waals surface area contributed by atoms with Crippen molar-refractivity contribution < 1.29 is 41.8 Å². The zero-order valence-electron chi connectivity index (χ0n) is 18.5. The van der Waals surface area contributed by atoms with Crippen molar-refractivity contribution in [1.82, 2.24) is 16.0 Å². The van der Waals surface area contributed by atoms with Crippen LogP contribution in [-0.2, 0) is 19.2 Å². The molecule has 5 N–H and O–H groups in total. The number of halogens is 3. The third-order valence-corrected chi connectivity index (χ3v) is 5.30. The van der Waals surface area contributed by atoms with Gasteiger partial charge < -0.3 is 31.2 Å². The molecule has 3 rings (SSSR count). The van der Waals surface area contributed by atoms with Crippen LogP contribution in [-0.4, -0.2) is 49.2 Å². The highest BCUT2D eigenvalue weighted by molar-refractivity contribution is 6.00. The van der Waals surface area contributed by atoms with Gasteiger partial charge in [0.2, 0.25) is 11.8 Å². The van der Waals surface area contributed by atoms with Crippen LogP contribution in [0.25, 0.3) is 0 Å². The number of rotatable bonds is 11. The van der Waals surface area contributed by atoms with Gasteiger partial charge in [0.25, 0.3) is 11.8 Å². The first kappa shape index (κ1) is 25.8. The van der Waals surface area contributed by atoms with Gasteiger partial charge in [0.1, 0.15) is 23.2 Å². The Labute approximate surface area is 198 Å². The second-order valence-corrected chi connectivity index (χ2v) is 8.21. The zero-order valence-corrected chi connectivity index (χ0v) is 18.5. The summed E-state index contributed by atoms with van der Waals surface area (Å²) in [5.74, 6) is -3.17. The number of primary amides is 1. The standard InChI is InChI=1S/C22H25F3N4O6/c23-22(24,25)35-15-5-3-14(4-6-15)34-11-18(30)28-17(9-12-1-2-12)21(33)29-16(19(26)31)10-13-7-8-27-20(13)32/h3-6,9,12-13,16H,1-2,7-8,10-11H2,(H2,26,31)(H,27,32)(H,28,30)(H,29,33)/t13-,16-/m0/s1. The fourth-order valence-corrected chi connectivity index (χ4v) is 3.38. The number of amides is 4. The fourth-order valence-electron chi connectivity index (χ4n) is 3.38. The number of alkyl halides is 3. The highest BCUT2D eigenvalue weighted by Gasteiger charge is 2.32. The summed E-state index contributed by atoms with van der Waals surface area (Å²) in [5, 5.41) is 7.55. The molecule has 35 heavy (non-hydrogen) atoms. The lowest BCUT2D eigenvalue weighted by Gasteiger charge is -2.19. The molecule has 2 aliphatic rings. The molecule has 2 atom stereocenters. The second-order valence-electron chi connectivity index (χ2n) is 8.21. The van der Waals surface area contributed by atoms with Crippen molar-refractivity contribution in [3.8, 4) is 11.5 Å². The van der Waals surface area contributed by atoms with Gasteiger partial charge in [-0.1, -0.05) is 6.08 Å². The Bertz CT molecular complexity index is 992. The van der Waals surface area contributed by atoms with Gasteiger partial charge in [-0.2, -0.15) is 0 Å². The van der Waals surface area contributed by atoms with Crippen molar-refractivity contribution in [2.75, 3.05) is 13.2 Å². The van der Waals surface area contributed by atoms with E-state index in [0.717, 1.165) is 25.0 Å². The van der Waals surface area contributed by atoms with E-state index in [9.17, 15) is 32.3 Å². The summed E-state index contributed by atoms with van der Waals surface area (Å²) in [4.78, 5) is 48.8. The molecule has 0 radical (unpaired) electrons. The molecule has 1 aliphatic heterocycles. The minimum absolute atomic E-state index is 0.0364. The minimum atomic E-state index is -4.83. The van der Waals surface area contributed by atoms with Crippen LogP contribution in [0.4, 0.5) is 13.2 Å². The molecule has 10 nitrogen and oxygen atoms in total. The molecule has 1 saturated heterocycles. The second kappa shape index (κ2) is 11.1. The summed E-state index contributed by atoms with van der Waals surface area (Å²) in [6.45, 7) is -0.0554. The summed E-state index contributed by atoms with van der Waals surface area (Å²) in [7, 11) is 0. The Hall–Kier alpha value is -3.77. The van der Waals surface area contributed by atoms with Gasteiger partial charge in [0.05, 0.1) is 0 Å². The van der Waals surface area contributed by atoms with E-state index in [-0.39, 0.29) is 29.7 Å². The van der Waals surface area contributed by atoms with Crippen LogP contribution in [0.5, 0.6) is 11.5 Å². The molecule has 1 saturated carbocycles. The van der Waals surface area contributed by atoms with Gasteiger partial charge >= 0.3 is 6.36 Å². The van der Waals surface area contributed by atoms with Crippen LogP contribution in [0.3, 0.4) is 0 Å². The quantitative estimate of drug-likeness (QED) is 0.333. The molecule has 1 aromatic rings. The molecule has 1 aromatic carbocycles. The largest absolute Gasteiger partial charge is 0.573 e. The van der Waals surface area contributed by atoms with E-state index in [1.54, 1.807) is 6.08 Å². The first-order valence-corrected chi connectivity index (χ1v) is 10.9. The lowest BCUT2D eigenvalue weighted by Crippen LogP contribution is -2.48. The maximum absolute atomic E-state index is 12.8. The lowest BCUT2D eigenvalue weighted by atomic mass is 9.98. The number of nitrogens with one attached hydrogen (secondary N) is 3. The topological polar surface area (TPSA) is 149 Å². The SMILES string of the molecule is NC(=O)[C@H](C[C@@H]1CCNC1=O)NC(=O)C(=CC1CC1)NC(=O)COc1ccc(OC(F)(F)F)cc1. The summed E-state index contributed by atoms with van der Waals surface area (Å²) in [6, 6.07) is 3.34. The molecule has 190 valence electrons. The predicted octanol–water partition coefficient (Wildman–Crippen LogP) is 0.870. The number of allylic oxidation sites excluding steroid dienone is 1. The van der Waals surface area contributed by atoms with Crippen LogP contribution in [0.1, 0.15) is 25.7 Å². The molecular weight excluding hydrogens is 473 g/mol. The maximum atomic E-state index is 12.8. The molecule has 2 fully saturated rings. The number of ether oxygens (including phenoxy) is 2. The monoisotopic (exact) mass is 498 g/mol. The Morgan fingerprint density at radius 1 is 1.14 bits per heavy atom. The minimum Gasteiger partial charge on any atom is -0.484 e. The van der Waals surface area contributed by atoms with Crippen molar-refractivity contribution >= 4 is 23.6 Å². The van der Waals surface area contributed by atoms with E-state index >= 15 is 0 Å². The molecule has 1 aliphatic carbocycles. The summed E-state index contributed by atoms with van der Waals surface area (Å²) in [5.41, 5.74) is 5.31. The van der Waals surface area contributed by atoms with E-state index < -0.39 is 48.4 Å². The Kier molecular flexibility index (Phi) is 8.20. The van der Waals surface area contributed by atoms with Gasteiger partial charge in [0, 0.05) is 12.5 Å². The molecule has 0 spiro atoms. The molecule has 0 aromatic heterocycles. The van der Waals surface area contributed by atoms with Crippen LogP contribution in [0.15, 0.2) is 36.0 Å². The zero-order chi connectivity index (χ0) is 25.6. The third kappa shape index (κ3) is 8.50. The molecule has 1 heterocycles. The number of hydrogen-bond acceptors (Lipinski definition) is 6. The summed E-state index contributed by atoms with van der Waals surface area (Å²) < 4.78 is 45.7. The van der Waals surface area contributed by atoms with Gasteiger partial charge in [0.15, 0.2) is 6.61 Å². The first-order valence-electron chi connectivity index (χ1n) is 10.9. The summed E-state index contributed by atoms with van der Waals surface area (Å²) in [6.07, 6.45) is -1.05.